The Labute approximate surface area is 108 Å². The number of hydrogen-bond donors (Lipinski definition) is 2. The van der Waals surface area contributed by atoms with Crippen LogP contribution in [0.3, 0.4) is 0 Å². The van der Waals surface area contributed by atoms with Crippen molar-refractivity contribution in [1.29, 1.82) is 0 Å². The standard InChI is InChI=1S/C11H13N5O3/c1-7-8(5-13-14-7)4-12-11(17)10-3-9(16(18)19)6-15(10)2/h3,5-6H,4H2,1-2H3,(H,12,17)(H,13,14). The summed E-state index contributed by atoms with van der Waals surface area (Å²) in [4.78, 5) is 22.0. The van der Waals surface area contributed by atoms with Gasteiger partial charge in [-0.25, -0.2) is 0 Å². The van der Waals surface area contributed by atoms with Crippen molar-refractivity contribution in [2.45, 2.75) is 13.5 Å². The molecule has 2 aromatic heterocycles. The molecule has 0 saturated heterocycles. The molecule has 2 N–H and O–H groups in total. The van der Waals surface area contributed by atoms with Crippen molar-refractivity contribution >= 4 is 11.6 Å². The fourth-order valence-corrected chi connectivity index (χ4v) is 1.69. The average Bonchev–Trinajstić information content (AvgIpc) is 2.93. The molecule has 0 fully saturated rings. The van der Waals surface area contributed by atoms with Crippen LogP contribution in [0.25, 0.3) is 0 Å². The molecular formula is C11H13N5O3. The van der Waals surface area contributed by atoms with Crippen molar-refractivity contribution < 1.29 is 9.72 Å². The van der Waals surface area contributed by atoms with E-state index in [4.69, 9.17) is 0 Å². The molecule has 0 radical (unpaired) electrons. The molecule has 8 heteroatoms. The summed E-state index contributed by atoms with van der Waals surface area (Å²) < 4.78 is 1.43. The second-order valence-electron chi connectivity index (χ2n) is 4.15. The Kier molecular flexibility index (Phi) is 3.32. The van der Waals surface area contributed by atoms with Crippen molar-refractivity contribution in [2.24, 2.45) is 7.05 Å². The summed E-state index contributed by atoms with van der Waals surface area (Å²) in [5.74, 6) is -0.365. The number of carbonyl (C=O) groups is 1. The lowest BCUT2D eigenvalue weighted by Crippen LogP contribution is -2.24. The molecule has 2 rings (SSSR count). The number of carbonyl (C=O) groups excluding carboxylic acids is 1. The highest BCUT2D eigenvalue weighted by Gasteiger charge is 2.17. The number of amides is 1. The predicted molar refractivity (Wildman–Crippen MR) is 66.6 cm³/mol. The van der Waals surface area contributed by atoms with E-state index in [2.05, 4.69) is 15.5 Å². The van der Waals surface area contributed by atoms with Crippen LogP contribution in [-0.2, 0) is 13.6 Å². The van der Waals surface area contributed by atoms with Crippen LogP contribution < -0.4 is 5.32 Å². The van der Waals surface area contributed by atoms with Crippen LogP contribution in [0.4, 0.5) is 5.69 Å². The van der Waals surface area contributed by atoms with Crippen molar-refractivity contribution in [2.75, 3.05) is 0 Å². The second-order valence-corrected chi connectivity index (χ2v) is 4.15. The zero-order valence-corrected chi connectivity index (χ0v) is 10.5. The molecule has 0 aliphatic heterocycles. The van der Waals surface area contributed by atoms with Gasteiger partial charge in [-0.1, -0.05) is 0 Å². The molecular weight excluding hydrogens is 250 g/mol. The number of nitro groups is 1. The molecule has 2 heterocycles. The first kappa shape index (κ1) is 12.8. The van der Waals surface area contributed by atoms with Crippen LogP contribution in [0.15, 0.2) is 18.5 Å². The number of hydrogen-bond acceptors (Lipinski definition) is 4. The van der Waals surface area contributed by atoms with Gasteiger partial charge in [0.2, 0.25) is 0 Å². The Balaban J connectivity index is 2.08. The first-order valence-electron chi connectivity index (χ1n) is 5.57. The lowest BCUT2D eigenvalue weighted by molar-refractivity contribution is -0.384. The lowest BCUT2D eigenvalue weighted by atomic mass is 10.2. The summed E-state index contributed by atoms with van der Waals surface area (Å²) >= 11 is 0. The molecule has 0 spiro atoms. The maximum absolute atomic E-state index is 11.9. The first-order valence-corrected chi connectivity index (χ1v) is 5.57. The number of aromatic nitrogens is 3. The molecule has 2 aromatic rings. The van der Waals surface area contributed by atoms with Crippen LogP contribution >= 0.6 is 0 Å². The average molecular weight is 263 g/mol. The minimum atomic E-state index is -0.531. The Morgan fingerprint density at radius 1 is 1.63 bits per heavy atom. The van der Waals surface area contributed by atoms with Crippen LogP contribution in [0, 0.1) is 17.0 Å². The SMILES string of the molecule is Cc1[nH]ncc1CNC(=O)c1cc([N+](=O)[O-])cn1C. The maximum atomic E-state index is 11.9. The highest BCUT2D eigenvalue weighted by atomic mass is 16.6. The van der Waals surface area contributed by atoms with E-state index in [0.29, 0.717) is 6.54 Å². The molecule has 19 heavy (non-hydrogen) atoms. The maximum Gasteiger partial charge on any atom is 0.287 e. The minimum absolute atomic E-state index is 0.104. The molecule has 1 amide bonds. The van der Waals surface area contributed by atoms with E-state index in [-0.39, 0.29) is 17.3 Å². The quantitative estimate of drug-likeness (QED) is 0.631. The monoisotopic (exact) mass is 263 g/mol. The predicted octanol–water partition coefficient (Wildman–Crippen LogP) is 0.895. The number of H-pyrrole nitrogens is 1. The Hall–Kier alpha value is -2.64. The van der Waals surface area contributed by atoms with Gasteiger partial charge in [0.25, 0.3) is 11.6 Å². The number of aryl methyl sites for hydroxylation is 2. The van der Waals surface area contributed by atoms with E-state index in [1.54, 1.807) is 13.2 Å². The second kappa shape index (κ2) is 4.92. The molecule has 100 valence electrons. The third kappa shape index (κ3) is 2.62. The van der Waals surface area contributed by atoms with Crippen molar-refractivity contribution in [1.82, 2.24) is 20.1 Å². The molecule has 0 aliphatic carbocycles. The molecule has 0 aliphatic rings. The largest absolute Gasteiger partial charge is 0.347 e. The number of aromatic amines is 1. The highest BCUT2D eigenvalue weighted by molar-refractivity contribution is 5.93. The summed E-state index contributed by atoms with van der Waals surface area (Å²) in [6, 6.07) is 1.25. The van der Waals surface area contributed by atoms with E-state index in [9.17, 15) is 14.9 Å². The number of nitrogens with zero attached hydrogens (tertiary/aromatic N) is 3. The van der Waals surface area contributed by atoms with Crippen molar-refractivity contribution in [3.8, 4) is 0 Å². The summed E-state index contributed by atoms with van der Waals surface area (Å²) in [6.07, 6.45) is 2.93. The van der Waals surface area contributed by atoms with Gasteiger partial charge in [0.15, 0.2) is 0 Å². The molecule has 0 bridgehead atoms. The van der Waals surface area contributed by atoms with Crippen molar-refractivity contribution in [3.05, 3.63) is 45.5 Å². The topological polar surface area (TPSA) is 106 Å². The smallest absolute Gasteiger partial charge is 0.287 e. The Morgan fingerprint density at radius 3 is 2.89 bits per heavy atom. The van der Waals surface area contributed by atoms with Gasteiger partial charge in [-0.15, -0.1) is 0 Å². The summed E-state index contributed by atoms with van der Waals surface area (Å²) in [7, 11) is 1.59. The zero-order valence-electron chi connectivity index (χ0n) is 10.5. The van der Waals surface area contributed by atoms with Gasteiger partial charge in [-0.05, 0) is 6.92 Å². The van der Waals surface area contributed by atoms with Gasteiger partial charge in [0.1, 0.15) is 5.69 Å². The van der Waals surface area contributed by atoms with Gasteiger partial charge >= 0.3 is 0 Å². The van der Waals surface area contributed by atoms with Crippen LogP contribution in [-0.4, -0.2) is 25.6 Å². The van der Waals surface area contributed by atoms with E-state index in [1.165, 1.54) is 16.8 Å². The van der Waals surface area contributed by atoms with Gasteiger partial charge in [-0.3, -0.25) is 20.0 Å². The molecule has 0 unspecified atom stereocenters. The molecule has 0 saturated carbocycles. The fraction of sp³-hybridized carbons (Fsp3) is 0.273. The molecule has 8 nitrogen and oxygen atoms in total. The van der Waals surface area contributed by atoms with Crippen LogP contribution in [0.2, 0.25) is 0 Å². The van der Waals surface area contributed by atoms with Gasteiger partial charge in [0.05, 0.1) is 17.3 Å². The third-order valence-electron chi connectivity index (χ3n) is 2.81. The van der Waals surface area contributed by atoms with Crippen LogP contribution in [0.1, 0.15) is 21.7 Å². The summed E-state index contributed by atoms with van der Waals surface area (Å²) in [5.41, 5.74) is 1.88. The minimum Gasteiger partial charge on any atom is -0.347 e. The Morgan fingerprint density at radius 2 is 2.37 bits per heavy atom. The number of rotatable bonds is 4. The van der Waals surface area contributed by atoms with Gasteiger partial charge < -0.3 is 9.88 Å². The van der Waals surface area contributed by atoms with E-state index >= 15 is 0 Å². The van der Waals surface area contributed by atoms with Gasteiger partial charge in [0, 0.05) is 30.9 Å². The van der Waals surface area contributed by atoms with E-state index in [1.807, 2.05) is 6.92 Å². The zero-order chi connectivity index (χ0) is 14.0. The normalized spacial score (nSPS) is 10.4. The molecule has 0 aromatic carbocycles. The lowest BCUT2D eigenvalue weighted by Gasteiger charge is -2.04. The summed E-state index contributed by atoms with van der Waals surface area (Å²) in [6.45, 7) is 2.17. The van der Waals surface area contributed by atoms with Gasteiger partial charge in [-0.2, -0.15) is 5.10 Å². The van der Waals surface area contributed by atoms with Crippen molar-refractivity contribution in [3.63, 3.8) is 0 Å². The fourth-order valence-electron chi connectivity index (χ4n) is 1.69. The van der Waals surface area contributed by atoms with Crippen LogP contribution in [0.5, 0.6) is 0 Å². The third-order valence-corrected chi connectivity index (χ3v) is 2.81. The summed E-state index contributed by atoms with van der Waals surface area (Å²) in [5, 5.41) is 19.9. The Bertz CT molecular complexity index is 628. The molecule has 0 atom stereocenters. The first-order chi connectivity index (χ1) is 8.99. The number of nitrogens with one attached hydrogen (secondary N) is 2. The highest BCUT2D eigenvalue weighted by Crippen LogP contribution is 2.15. The van der Waals surface area contributed by atoms with E-state index in [0.717, 1.165) is 11.3 Å². The van der Waals surface area contributed by atoms with E-state index < -0.39 is 4.92 Å².